The summed E-state index contributed by atoms with van der Waals surface area (Å²) in [6.07, 6.45) is 5.30. The summed E-state index contributed by atoms with van der Waals surface area (Å²) >= 11 is 0. The molecule has 0 aliphatic carbocycles. The zero-order valence-corrected chi connectivity index (χ0v) is 9.27. The lowest BCUT2D eigenvalue weighted by Gasteiger charge is -2.17. The van der Waals surface area contributed by atoms with Gasteiger partial charge in [-0.05, 0) is 12.3 Å². The van der Waals surface area contributed by atoms with Crippen molar-refractivity contribution in [1.29, 1.82) is 0 Å². The van der Waals surface area contributed by atoms with Crippen LogP contribution in [0.3, 0.4) is 0 Å². The van der Waals surface area contributed by atoms with E-state index in [9.17, 15) is 5.11 Å². The fraction of sp³-hybridized carbons (Fsp3) is 0.727. The summed E-state index contributed by atoms with van der Waals surface area (Å²) in [5.41, 5.74) is 0. The van der Waals surface area contributed by atoms with Gasteiger partial charge in [0.15, 0.2) is 0 Å². The van der Waals surface area contributed by atoms with E-state index in [0.29, 0.717) is 0 Å². The Kier molecular flexibility index (Phi) is 4.14. The number of aryl methyl sites for hydroxylation is 1. The molecule has 80 valence electrons. The molecule has 2 atom stereocenters. The highest BCUT2D eigenvalue weighted by molar-refractivity contribution is 4.97. The molecule has 1 heterocycles. The molecule has 1 aromatic rings. The van der Waals surface area contributed by atoms with Gasteiger partial charge in [0.25, 0.3) is 0 Å². The van der Waals surface area contributed by atoms with Crippen molar-refractivity contribution >= 4 is 0 Å². The molecule has 3 heteroatoms. The molecule has 0 fully saturated rings. The normalized spacial score (nSPS) is 15.4. The molecule has 0 saturated carbocycles. The first-order valence-corrected chi connectivity index (χ1v) is 5.39. The summed E-state index contributed by atoms with van der Waals surface area (Å²) in [5, 5.41) is 10.0. The molecule has 0 amide bonds. The molecule has 1 aromatic heterocycles. The maximum absolute atomic E-state index is 10.0. The third-order valence-corrected chi connectivity index (χ3v) is 2.66. The summed E-state index contributed by atoms with van der Waals surface area (Å²) < 4.78 is 2.04. The van der Waals surface area contributed by atoms with Crippen molar-refractivity contribution in [2.24, 2.45) is 5.92 Å². The van der Waals surface area contributed by atoms with Crippen molar-refractivity contribution < 1.29 is 5.11 Å². The van der Waals surface area contributed by atoms with Crippen LogP contribution in [0.15, 0.2) is 12.4 Å². The zero-order chi connectivity index (χ0) is 10.6. The Bertz CT molecular complexity index is 270. The quantitative estimate of drug-likeness (QED) is 0.785. The number of aliphatic hydroxyl groups is 1. The minimum atomic E-state index is -0.429. The van der Waals surface area contributed by atoms with Gasteiger partial charge in [-0.15, -0.1) is 0 Å². The molecule has 0 bridgehead atoms. The predicted molar refractivity (Wildman–Crippen MR) is 56.9 cm³/mol. The SMILES string of the molecule is CCCn1ccnc1C(O)C(C)CC. The molecule has 1 N–H and O–H groups in total. The molecule has 0 radical (unpaired) electrons. The van der Waals surface area contributed by atoms with E-state index in [4.69, 9.17) is 0 Å². The average Bonchev–Trinajstić information content (AvgIpc) is 2.64. The van der Waals surface area contributed by atoms with Gasteiger partial charge in [0.1, 0.15) is 11.9 Å². The van der Waals surface area contributed by atoms with E-state index < -0.39 is 6.10 Å². The Labute approximate surface area is 85.8 Å². The first-order valence-electron chi connectivity index (χ1n) is 5.39. The van der Waals surface area contributed by atoms with Gasteiger partial charge in [-0.2, -0.15) is 0 Å². The largest absolute Gasteiger partial charge is 0.385 e. The van der Waals surface area contributed by atoms with E-state index >= 15 is 0 Å². The van der Waals surface area contributed by atoms with Crippen LogP contribution in [0, 0.1) is 5.92 Å². The number of rotatable bonds is 5. The van der Waals surface area contributed by atoms with Gasteiger partial charge in [-0.1, -0.05) is 27.2 Å². The first-order chi connectivity index (χ1) is 6.70. The lowest BCUT2D eigenvalue weighted by Crippen LogP contribution is -2.14. The van der Waals surface area contributed by atoms with Gasteiger partial charge < -0.3 is 9.67 Å². The fourth-order valence-electron chi connectivity index (χ4n) is 1.49. The van der Waals surface area contributed by atoms with E-state index in [2.05, 4.69) is 25.8 Å². The number of nitrogens with zero attached hydrogens (tertiary/aromatic N) is 2. The van der Waals surface area contributed by atoms with Crippen LogP contribution in [0.25, 0.3) is 0 Å². The molecule has 0 aliphatic heterocycles. The van der Waals surface area contributed by atoms with Crippen LogP contribution in [0.2, 0.25) is 0 Å². The molecule has 0 spiro atoms. The monoisotopic (exact) mass is 196 g/mol. The van der Waals surface area contributed by atoms with Gasteiger partial charge in [-0.3, -0.25) is 0 Å². The number of hydrogen-bond acceptors (Lipinski definition) is 2. The van der Waals surface area contributed by atoms with Gasteiger partial charge in [0.2, 0.25) is 0 Å². The topological polar surface area (TPSA) is 38.0 Å². The van der Waals surface area contributed by atoms with Gasteiger partial charge >= 0.3 is 0 Å². The van der Waals surface area contributed by atoms with Gasteiger partial charge in [0, 0.05) is 18.9 Å². The Hall–Kier alpha value is -0.830. The standard InChI is InChI=1S/C11H20N2O/c1-4-7-13-8-6-12-11(13)10(14)9(3)5-2/h6,8-10,14H,4-5,7H2,1-3H3. The maximum Gasteiger partial charge on any atom is 0.137 e. The van der Waals surface area contributed by atoms with E-state index in [1.165, 1.54) is 0 Å². The summed E-state index contributed by atoms with van der Waals surface area (Å²) in [4.78, 5) is 4.22. The molecule has 14 heavy (non-hydrogen) atoms. The first kappa shape index (κ1) is 11.2. The van der Waals surface area contributed by atoms with E-state index in [0.717, 1.165) is 25.2 Å². The second-order valence-electron chi connectivity index (χ2n) is 3.81. The second-order valence-corrected chi connectivity index (χ2v) is 3.81. The van der Waals surface area contributed by atoms with Gasteiger partial charge in [0.05, 0.1) is 0 Å². The van der Waals surface area contributed by atoms with Crippen molar-refractivity contribution in [3.8, 4) is 0 Å². The zero-order valence-electron chi connectivity index (χ0n) is 9.27. The van der Waals surface area contributed by atoms with E-state index in [1.54, 1.807) is 6.20 Å². The minimum absolute atomic E-state index is 0.271. The average molecular weight is 196 g/mol. The van der Waals surface area contributed by atoms with Crippen molar-refractivity contribution in [1.82, 2.24) is 9.55 Å². The second kappa shape index (κ2) is 5.15. The van der Waals surface area contributed by atoms with Crippen LogP contribution in [0.1, 0.15) is 45.5 Å². The summed E-state index contributed by atoms with van der Waals surface area (Å²) in [6, 6.07) is 0. The summed E-state index contributed by atoms with van der Waals surface area (Å²) in [5.74, 6) is 1.08. The smallest absolute Gasteiger partial charge is 0.137 e. The molecule has 1 rings (SSSR count). The Morgan fingerprint density at radius 2 is 2.21 bits per heavy atom. The highest BCUT2D eigenvalue weighted by Crippen LogP contribution is 2.22. The molecular formula is C11H20N2O. The highest BCUT2D eigenvalue weighted by atomic mass is 16.3. The maximum atomic E-state index is 10.0. The van der Waals surface area contributed by atoms with Crippen LogP contribution in [0.5, 0.6) is 0 Å². The van der Waals surface area contributed by atoms with Crippen molar-refractivity contribution in [2.75, 3.05) is 0 Å². The molecule has 0 saturated heterocycles. The number of aromatic nitrogens is 2. The fourth-order valence-corrected chi connectivity index (χ4v) is 1.49. The van der Waals surface area contributed by atoms with Gasteiger partial charge in [-0.25, -0.2) is 4.98 Å². The van der Waals surface area contributed by atoms with Crippen molar-refractivity contribution in [3.63, 3.8) is 0 Å². The lowest BCUT2D eigenvalue weighted by atomic mass is 10.0. The third kappa shape index (κ3) is 2.35. The van der Waals surface area contributed by atoms with Crippen LogP contribution >= 0.6 is 0 Å². The number of hydrogen-bond donors (Lipinski definition) is 1. The van der Waals surface area contributed by atoms with Crippen LogP contribution in [-0.2, 0) is 6.54 Å². The highest BCUT2D eigenvalue weighted by Gasteiger charge is 2.18. The molecule has 0 aromatic carbocycles. The molecule has 0 aliphatic rings. The van der Waals surface area contributed by atoms with Crippen molar-refractivity contribution in [3.05, 3.63) is 18.2 Å². The van der Waals surface area contributed by atoms with Crippen LogP contribution in [-0.4, -0.2) is 14.7 Å². The molecular weight excluding hydrogens is 176 g/mol. The summed E-state index contributed by atoms with van der Waals surface area (Å²) in [6.45, 7) is 7.19. The molecule has 3 nitrogen and oxygen atoms in total. The van der Waals surface area contributed by atoms with Crippen molar-refractivity contribution in [2.45, 2.75) is 46.3 Å². The van der Waals surface area contributed by atoms with Crippen LogP contribution in [0.4, 0.5) is 0 Å². The van der Waals surface area contributed by atoms with E-state index in [1.807, 2.05) is 10.8 Å². The summed E-state index contributed by atoms with van der Waals surface area (Å²) in [7, 11) is 0. The third-order valence-electron chi connectivity index (χ3n) is 2.66. The Morgan fingerprint density at radius 1 is 1.50 bits per heavy atom. The minimum Gasteiger partial charge on any atom is -0.385 e. The lowest BCUT2D eigenvalue weighted by molar-refractivity contribution is 0.103. The molecule has 2 unspecified atom stereocenters. The number of imidazole rings is 1. The Balaban J connectivity index is 2.77. The number of aliphatic hydroxyl groups excluding tert-OH is 1. The Morgan fingerprint density at radius 3 is 2.79 bits per heavy atom. The predicted octanol–water partition coefficient (Wildman–Crippen LogP) is 2.37. The van der Waals surface area contributed by atoms with E-state index in [-0.39, 0.29) is 5.92 Å². The van der Waals surface area contributed by atoms with Crippen LogP contribution < -0.4 is 0 Å².